The molecule has 20 heavy (non-hydrogen) atoms. The lowest BCUT2D eigenvalue weighted by Crippen LogP contribution is -2.15. The molecule has 0 saturated carbocycles. The van der Waals surface area contributed by atoms with E-state index in [-0.39, 0.29) is 0 Å². The molecule has 0 saturated heterocycles. The van der Waals surface area contributed by atoms with E-state index in [1.54, 1.807) is 18.3 Å². The van der Waals surface area contributed by atoms with E-state index in [1.807, 2.05) is 30.3 Å². The lowest BCUT2D eigenvalue weighted by Gasteiger charge is -2.15. The summed E-state index contributed by atoms with van der Waals surface area (Å²) in [4.78, 5) is 4.32. The molecule has 1 atom stereocenters. The summed E-state index contributed by atoms with van der Waals surface area (Å²) in [5.41, 5.74) is 7.23. The molecule has 0 spiro atoms. The highest BCUT2D eigenvalue weighted by Gasteiger charge is 2.17. The van der Waals surface area contributed by atoms with Crippen LogP contribution in [-0.4, -0.2) is 4.98 Å². The number of pyridine rings is 1. The van der Waals surface area contributed by atoms with Crippen molar-refractivity contribution in [3.63, 3.8) is 0 Å². The van der Waals surface area contributed by atoms with E-state index in [4.69, 9.17) is 17.3 Å². The summed E-state index contributed by atoms with van der Waals surface area (Å²) in [6.07, 6.45) is 1.69. The van der Waals surface area contributed by atoms with Crippen LogP contribution >= 0.6 is 11.6 Å². The number of benzene rings is 2. The monoisotopic (exact) mass is 286 g/mol. The molecule has 0 aliphatic heterocycles. The molecule has 2 nitrogen and oxygen atoms in total. The van der Waals surface area contributed by atoms with Crippen molar-refractivity contribution in [3.05, 3.63) is 76.8 Å². The average molecular weight is 287 g/mol. The Morgan fingerprint density at radius 2 is 1.90 bits per heavy atom. The van der Waals surface area contributed by atoms with E-state index in [1.165, 1.54) is 6.07 Å². The molecule has 2 aromatic carbocycles. The predicted octanol–water partition coefficient (Wildman–Crippen LogP) is 4.08. The summed E-state index contributed by atoms with van der Waals surface area (Å²) in [6.45, 7) is 0. The molecule has 4 heteroatoms. The van der Waals surface area contributed by atoms with Gasteiger partial charge in [0.1, 0.15) is 5.82 Å². The minimum Gasteiger partial charge on any atom is -0.319 e. The van der Waals surface area contributed by atoms with Crippen molar-refractivity contribution < 1.29 is 4.39 Å². The van der Waals surface area contributed by atoms with Gasteiger partial charge in [-0.25, -0.2) is 4.39 Å². The highest BCUT2D eigenvalue weighted by atomic mass is 35.5. The van der Waals surface area contributed by atoms with Crippen LogP contribution in [0.2, 0.25) is 5.02 Å². The number of rotatable bonds is 2. The second-order valence-corrected chi connectivity index (χ2v) is 5.00. The van der Waals surface area contributed by atoms with Crippen molar-refractivity contribution >= 4 is 22.4 Å². The maximum Gasteiger partial charge on any atom is 0.129 e. The van der Waals surface area contributed by atoms with Gasteiger partial charge in [-0.3, -0.25) is 4.98 Å². The number of aromatic nitrogens is 1. The Kier molecular flexibility index (Phi) is 3.38. The van der Waals surface area contributed by atoms with Gasteiger partial charge in [0, 0.05) is 22.2 Å². The van der Waals surface area contributed by atoms with E-state index in [0.717, 1.165) is 10.8 Å². The van der Waals surface area contributed by atoms with E-state index in [0.29, 0.717) is 16.3 Å². The maximum atomic E-state index is 14.0. The lowest BCUT2D eigenvalue weighted by atomic mass is 9.99. The first-order valence-electron chi connectivity index (χ1n) is 6.21. The third-order valence-corrected chi connectivity index (χ3v) is 3.53. The van der Waals surface area contributed by atoms with Gasteiger partial charge < -0.3 is 5.73 Å². The van der Waals surface area contributed by atoms with Gasteiger partial charge in [-0.2, -0.15) is 0 Å². The van der Waals surface area contributed by atoms with Crippen molar-refractivity contribution in [3.8, 4) is 0 Å². The summed E-state index contributed by atoms with van der Waals surface area (Å²) in [6, 6.07) is 13.6. The highest BCUT2D eigenvalue weighted by molar-refractivity contribution is 6.30. The molecular weight excluding hydrogens is 275 g/mol. The van der Waals surface area contributed by atoms with Crippen molar-refractivity contribution in [2.75, 3.05) is 0 Å². The molecule has 1 unspecified atom stereocenters. The molecule has 0 radical (unpaired) electrons. The SMILES string of the molecule is NC(c1ccc(Cl)cc1F)c1nccc2ccccc12. The molecule has 3 rings (SSSR count). The van der Waals surface area contributed by atoms with Crippen LogP contribution in [-0.2, 0) is 0 Å². The van der Waals surface area contributed by atoms with Gasteiger partial charge in [0.15, 0.2) is 0 Å². The van der Waals surface area contributed by atoms with E-state index >= 15 is 0 Å². The average Bonchev–Trinajstić information content (AvgIpc) is 2.46. The lowest BCUT2D eigenvalue weighted by molar-refractivity contribution is 0.598. The standard InChI is InChI=1S/C16H12ClFN2/c17-11-5-6-13(14(18)9-11)15(19)16-12-4-2-1-3-10(12)7-8-20-16/h1-9,15H,19H2. The highest BCUT2D eigenvalue weighted by Crippen LogP contribution is 2.27. The summed E-state index contributed by atoms with van der Waals surface area (Å²) in [7, 11) is 0. The molecule has 0 bridgehead atoms. The molecule has 0 fully saturated rings. The number of nitrogens with two attached hydrogens (primary N) is 1. The van der Waals surface area contributed by atoms with Crippen LogP contribution in [0.1, 0.15) is 17.3 Å². The first-order chi connectivity index (χ1) is 9.66. The largest absolute Gasteiger partial charge is 0.319 e. The molecular formula is C16H12ClFN2. The zero-order valence-electron chi connectivity index (χ0n) is 10.6. The number of hydrogen-bond donors (Lipinski definition) is 1. The van der Waals surface area contributed by atoms with Crippen LogP contribution in [0.4, 0.5) is 4.39 Å². The van der Waals surface area contributed by atoms with Gasteiger partial charge in [0.25, 0.3) is 0 Å². The van der Waals surface area contributed by atoms with Crippen molar-refractivity contribution in [1.82, 2.24) is 4.98 Å². The van der Waals surface area contributed by atoms with Crippen molar-refractivity contribution in [2.24, 2.45) is 5.73 Å². The topological polar surface area (TPSA) is 38.9 Å². The Morgan fingerprint density at radius 3 is 2.70 bits per heavy atom. The third kappa shape index (κ3) is 2.26. The molecule has 0 aliphatic rings. The van der Waals surface area contributed by atoms with Crippen LogP contribution in [0.25, 0.3) is 10.8 Å². The number of fused-ring (bicyclic) bond motifs is 1. The quantitative estimate of drug-likeness (QED) is 0.771. The van der Waals surface area contributed by atoms with E-state index in [9.17, 15) is 4.39 Å². The van der Waals surface area contributed by atoms with Gasteiger partial charge in [-0.1, -0.05) is 41.9 Å². The molecule has 2 N–H and O–H groups in total. The van der Waals surface area contributed by atoms with E-state index in [2.05, 4.69) is 4.98 Å². The van der Waals surface area contributed by atoms with Gasteiger partial charge >= 0.3 is 0 Å². The first kappa shape index (κ1) is 13.0. The van der Waals surface area contributed by atoms with Crippen LogP contribution < -0.4 is 5.73 Å². The minimum atomic E-state index is -0.627. The van der Waals surface area contributed by atoms with Gasteiger partial charge in [-0.15, -0.1) is 0 Å². The second kappa shape index (κ2) is 5.19. The molecule has 0 amide bonds. The number of hydrogen-bond acceptors (Lipinski definition) is 2. The number of nitrogens with zero attached hydrogens (tertiary/aromatic N) is 1. The Labute approximate surface area is 121 Å². The first-order valence-corrected chi connectivity index (χ1v) is 6.59. The molecule has 100 valence electrons. The van der Waals surface area contributed by atoms with Crippen LogP contribution in [0.5, 0.6) is 0 Å². The fraction of sp³-hybridized carbons (Fsp3) is 0.0625. The minimum absolute atomic E-state index is 0.351. The van der Waals surface area contributed by atoms with Gasteiger partial charge in [-0.05, 0) is 23.6 Å². The fourth-order valence-electron chi connectivity index (χ4n) is 2.29. The fourth-order valence-corrected chi connectivity index (χ4v) is 2.45. The Balaban J connectivity index is 2.15. The molecule has 0 aliphatic carbocycles. The smallest absolute Gasteiger partial charge is 0.129 e. The van der Waals surface area contributed by atoms with Crippen molar-refractivity contribution in [1.29, 1.82) is 0 Å². The third-order valence-electron chi connectivity index (χ3n) is 3.30. The van der Waals surface area contributed by atoms with Crippen LogP contribution in [0, 0.1) is 5.82 Å². The van der Waals surface area contributed by atoms with E-state index < -0.39 is 11.9 Å². The zero-order chi connectivity index (χ0) is 14.1. The summed E-state index contributed by atoms with van der Waals surface area (Å²) >= 11 is 5.77. The molecule has 1 aromatic heterocycles. The second-order valence-electron chi connectivity index (χ2n) is 4.56. The summed E-state index contributed by atoms with van der Waals surface area (Å²) in [5, 5.41) is 2.31. The summed E-state index contributed by atoms with van der Waals surface area (Å²) < 4.78 is 14.0. The molecule has 1 heterocycles. The van der Waals surface area contributed by atoms with Gasteiger partial charge in [0.05, 0.1) is 11.7 Å². The maximum absolute atomic E-state index is 14.0. The van der Waals surface area contributed by atoms with Crippen LogP contribution in [0.3, 0.4) is 0 Å². The number of halogens is 2. The predicted molar refractivity (Wildman–Crippen MR) is 79.2 cm³/mol. The van der Waals surface area contributed by atoms with Crippen LogP contribution in [0.15, 0.2) is 54.7 Å². The Bertz CT molecular complexity index is 768. The zero-order valence-corrected chi connectivity index (χ0v) is 11.3. The van der Waals surface area contributed by atoms with Gasteiger partial charge in [0.2, 0.25) is 0 Å². The Morgan fingerprint density at radius 1 is 1.10 bits per heavy atom. The Hall–Kier alpha value is -1.97. The normalized spacial score (nSPS) is 12.6. The summed E-state index contributed by atoms with van der Waals surface area (Å²) in [5.74, 6) is -0.417. The van der Waals surface area contributed by atoms with Crippen molar-refractivity contribution in [2.45, 2.75) is 6.04 Å². The molecule has 3 aromatic rings.